The van der Waals surface area contributed by atoms with Gasteiger partial charge in [-0.05, 0) is 24.6 Å². The van der Waals surface area contributed by atoms with Gasteiger partial charge in [-0.1, -0.05) is 49.7 Å². The molecule has 0 fully saturated rings. The molecule has 0 aliphatic carbocycles. The predicted molar refractivity (Wildman–Crippen MR) is 90.3 cm³/mol. The first kappa shape index (κ1) is 16.0. The minimum absolute atomic E-state index is 0.199. The lowest BCUT2D eigenvalue weighted by Crippen LogP contribution is -1.92. The highest BCUT2D eigenvalue weighted by atomic mass is 16.5. The van der Waals surface area contributed by atoms with Gasteiger partial charge in [-0.15, -0.1) is 0 Å². The molecule has 0 N–H and O–H groups in total. The second-order valence-corrected chi connectivity index (χ2v) is 5.53. The van der Waals surface area contributed by atoms with E-state index >= 15 is 0 Å². The van der Waals surface area contributed by atoms with E-state index in [0.29, 0.717) is 23.5 Å². The number of ether oxygens (including phenoxy) is 2. The zero-order valence-electron chi connectivity index (χ0n) is 13.5. The number of esters is 2. The highest BCUT2D eigenvalue weighted by Crippen LogP contribution is 2.29. The number of hydrogen-bond acceptors (Lipinski definition) is 4. The van der Waals surface area contributed by atoms with Crippen molar-refractivity contribution in [3.8, 4) is 0 Å². The number of fused-ring (bicyclic) bond motifs is 2. The van der Waals surface area contributed by atoms with Gasteiger partial charge in [0.2, 0.25) is 0 Å². The fourth-order valence-electron chi connectivity index (χ4n) is 2.58. The van der Waals surface area contributed by atoms with Gasteiger partial charge in [0.1, 0.15) is 12.4 Å². The summed E-state index contributed by atoms with van der Waals surface area (Å²) >= 11 is 0. The van der Waals surface area contributed by atoms with Crippen molar-refractivity contribution in [1.29, 1.82) is 0 Å². The Bertz CT molecular complexity index is 805. The average molecular weight is 322 g/mol. The first-order chi connectivity index (χ1) is 11.7. The summed E-state index contributed by atoms with van der Waals surface area (Å²) in [6, 6.07) is 14.9. The summed E-state index contributed by atoms with van der Waals surface area (Å²) in [7, 11) is 0. The van der Waals surface area contributed by atoms with Crippen LogP contribution in [0.25, 0.3) is 5.76 Å². The third-order valence-electron chi connectivity index (χ3n) is 3.83. The van der Waals surface area contributed by atoms with Gasteiger partial charge in [0.05, 0.1) is 11.1 Å². The summed E-state index contributed by atoms with van der Waals surface area (Å²) < 4.78 is 9.94. The number of carbonyl (C=O) groups is 2. The Morgan fingerprint density at radius 3 is 2.29 bits per heavy atom. The Kier molecular flexibility index (Phi) is 4.75. The van der Waals surface area contributed by atoms with Crippen molar-refractivity contribution in [3.05, 3.63) is 76.9 Å². The Morgan fingerprint density at radius 1 is 0.917 bits per heavy atom. The molecule has 0 bridgehead atoms. The van der Waals surface area contributed by atoms with Crippen molar-refractivity contribution in [2.24, 2.45) is 0 Å². The molecule has 24 heavy (non-hydrogen) atoms. The molecule has 4 heteroatoms. The standard InChI is InChI=1S/C12H12O2.C8H6O2/c1-2-3-8-11-9-6-4-5-7-10(9)12(13)14-11;9-8-7-4-2-1-3-6(7)5-10-8/h4-8H,2-3H2,1H3;1-4H,5H2/b11-8+;. The van der Waals surface area contributed by atoms with Gasteiger partial charge in [0.25, 0.3) is 0 Å². The highest BCUT2D eigenvalue weighted by Gasteiger charge is 2.24. The van der Waals surface area contributed by atoms with Crippen LogP contribution in [-0.4, -0.2) is 11.9 Å². The topological polar surface area (TPSA) is 52.6 Å². The highest BCUT2D eigenvalue weighted by molar-refractivity contribution is 6.02. The normalized spacial score (nSPS) is 16.0. The van der Waals surface area contributed by atoms with Gasteiger partial charge in [-0.2, -0.15) is 0 Å². The van der Waals surface area contributed by atoms with E-state index in [4.69, 9.17) is 9.47 Å². The second kappa shape index (κ2) is 7.13. The van der Waals surface area contributed by atoms with Crippen LogP contribution in [0.3, 0.4) is 0 Å². The molecular weight excluding hydrogens is 304 g/mol. The number of carbonyl (C=O) groups excluding carboxylic acids is 2. The van der Waals surface area contributed by atoms with Crippen LogP contribution in [0.4, 0.5) is 0 Å². The van der Waals surface area contributed by atoms with Gasteiger partial charge in [-0.3, -0.25) is 0 Å². The number of cyclic esters (lactones) is 2. The molecule has 4 nitrogen and oxygen atoms in total. The first-order valence-electron chi connectivity index (χ1n) is 7.97. The van der Waals surface area contributed by atoms with Crippen LogP contribution in [-0.2, 0) is 16.1 Å². The van der Waals surface area contributed by atoms with Crippen LogP contribution in [0.5, 0.6) is 0 Å². The van der Waals surface area contributed by atoms with Crippen molar-refractivity contribution in [1.82, 2.24) is 0 Å². The SMILES string of the molecule is CCC/C=C1/OC(=O)c2ccccc21.O=C1OCc2ccccc21. The summed E-state index contributed by atoms with van der Waals surface area (Å²) in [5.74, 6) is 0.283. The van der Waals surface area contributed by atoms with Gasteiger partial charge < -0.3 is 9.47 Å². The van der Waals surface area contributed by atoms with E-state index in [0.717, 1.165) is 24.0 Å². The van der Waals surface area contributed by atoms with E-state index in [1.807, 2.05) is 42.5 Å². The molecule has 122 valence electrons. The monoisotopic (exact) mass is 322 g/mol. The molecule has 0 aromatic heterocycles. The fourth-order valence-corrected chi connectivity index (χ4v) is 2.58. The predicted octanol–water partition coefficient (Wildman–Crippen LogP) is 4.36. The van der Waals surface area contributed by atoms with Crippen LogP contribution in [0.15, 0.2) is 54.6 Å². The summed E-state index contributed by atoms with van der Waals surface area (Å²) in [4.78, 5) is 22.2. The smallest absolute Gasteiger partial charge is 0.344 e. The van der Waals surface area contributed by atoms with E-state index in [1.165, 1.54) is 0 Å². The van der Waals surface area contributed by atoms with Gasteiger partial charge >= 0.3 is 11.9 Å². The van der Waals surface area contributed by atoms with Crippen LogP contribution in [0.1, 0.15) is 51.6 Å². The molecule has 2 heterocycles. The Labute approximate surface area is 140 Å². The fraction of sp³-hybridized carbons (Fsp3) is 0.200. The van der Waals surface area contributed by atoms with Crippen LogP contribution >= 0.6 is 0 Å². The summed E-state index contributed by atoms with van der Waals surface area (Å²) in [6.45, 7) is 2.54. The van der Waals surface area contributed by atoms with Gasteiger partial charge in [0.15, 0.2) is 0 Å². The lowest BCUT2D eigenvalue weighted by Gasteiger charge is -1.96. The second-order valence-electron chi connectivity index (χ2n) is 5.53. The molecule has 2 aliphatic rings. The third kappa shape index (κ3) is 3.23. The maximum absolute atomic E-state index is 11.4. The molecule has 0 atom stereocenters. The largest absolute Gasteiger partial charge is 0.457 e. The lowest BCUT2D eigenvalue weighted by molar-refractivity contribution is 0.0534. The molecule has 0 saturated carbocycles. The van der Waals surface area contributed by atoms with Crippen LogP contribution < -0.4 is 0 Å². The Balaban J connectivity index is 0.000000149. The molecule has 0 amide bonds. The van der Waals surface area contributed by atoms with Gasteiger partial charge in [0, 0.05) is 11.1 Å². The number of hydrogen-bond donors (Lipinski definition) is 0. The number of unbranched alkanes of at least 4 members (excludes halogenated alkanes) is 1. The minimum atomic E-state index is -0.233. The van der Waals surface area contributed by atoms with Crippen LogP contribution in [0.2, 0.25) is 0 Å². The number of benzene rings is 2. The van der Waals surface area contributed by atoms with Crippen molar-refractivity contribution >= 4 is 17.7 Å². The van der Waals surface area contributed by atoms with Crippen LogP contribution in [0, 0.1) is 0 Å². The molecule has 0 radical (unpaired) electrons. The molecule has 0 spiro atoms. The lowest BCUT2D eigenvalue weighted by atomic mass is 10.1. The zero-order valence-corrected chi connectivity index (χ0v) is 13.5. The summed E-state index contributed by atoms with van der Waals surface area (Å²) in [5.41, 5.74) is 3.30. The number of allylic oxidation sites excluding steroid dienone is 1. The van der Waals surface area contributed by atoms with E-state index in [-0.39, 0.29) is 11.9 Å². The van der Waals surface area contributed by atoms with Crippen molar-refractivity contribution < 1.29 is 19.1 Å². The van der Waals surface area contributed by atoms with E-state index in [2.05, 4.69) is 6.92 Å². The van der Waals surface area contributed by atoms with E-state index in [1.54, 1.807) is 12.1 Å². The number of rotatable bonds is 2. The third-order valence-corrected chi connectivity index (χ3v) is 3.83. The Morgan fingerprint density at radius 2 is 1.58 bits per heavy atom. The van der Waals surface area contributed by atoms with E-state index < -0.39 is 0 Å². The van der Waals surface area contributed by atoms with Crippen molar-refractivity contribution in [3.63, 3.8) is 0 Å². The molecule has 0 unspecified atom stereocenters. The molecule has 2 aromatic carbocycles. The summed E-state index contributed by atoms with van der Waals surface area (Å²) in [5, 5.41) is 0. The van der Waals surface area contributed by atoms with Crippen molar-refractivity contribution in [2.75, 3.05) is 0 Å². The molecule has 2 aliphatic heterocycles. The molecular formula is C20H18O4. The minimum Gasteiger partial charge on any atom is -0.457 e. The Hall–Kier alpha value is -2.88. The first-order valence-corrected chi connectivity index (χ1v) is 7.97. The molecule has 0 saturated heterocycles. The van der Waals surface area contributed by atoms with Crippen molar-refractivity contribution in [2.45, 2.75) is 26.4 Å². The maximum Gasteiger partial charge on any atom is 0.344 e. The van der Waals surface area contributed by atoms with E-state index in [9.17, 15) is 9.59 Å². The quantitative estimate of drug-likeness (QED) is 0.771. The average Bonchev–Trinajstić information content (AvgIpc) is 3.15. The molecule has 2 aromatic rings. The van der Waals surface area contributed by atoms with Gasteiger partial charge in [-0.25, -0.2) is 9.59 Å². The molecule has 4 rings (SSSR count). The maximum atomic E-state index is 11.4. The summed E-state index contributed by atoms with van der Waals surface area (Å²) in [6.07, 6.45) is 3.98. The zero-order chi connectivity index (χ0) is 16.9.